The lowest BCUT2D eigenvalue weighted by atomic mass is 10.2. The molecule has 0 aliphatic heterocycles. The lowest BCUT2D eigenvalue weighted by Crippen LogP contribution is -2.28. The highest BCUT2D eigenvalue weighted by Gasteiger charge is 2.20. The third-order valence-electron chi connectivity index (χ3n) is 3.44. The first-order valence-electron chi connectivity index (χ1n) is 7.65. The van der Waals surface area contributed by atoms with Gasteiger partial charge < -0.3 is 14.8 Å². The average Bonchev–Trinajstić information content (AvgIpc) is 2.64. The van der Waals surface area contributed by atoms with E-state index in [1.165, 1.54) is 50.6 Å². The molecule has 140 valence electrons. The van der Waals surface area contributed by atoms with Crippen molar-refractivity contribution in [3.05, 3.63) is 53.8 Å². The van der Waals surface area contributed by atoms with Crippen LogP contribution in [-0.2, 0) is 10.0 Å². The summed E-state index contributed by atoms with van der Waals surface area (Å²) < 4.78 is 49.6. The number of benzene rings is 2. The molecule has 0 unspecified atom stereocenters. The molecule has 26 heavy (non-hydrogen) atoms. The van der Waals surface area contributed by atoms with Crippen LogP contribution in [-0.4, -0.2) is 41.6 Å². The van der Waals surface area contributed by atoms with Gasteiger partial charge in [-0.05, 0) is 37.4 Å². The first-order valence-corrected chi connectivity index (χ1v) is 9.14. The molecule has 2 rings (SSSR count). The van der Waals surface area contributed by atoms with E-state index in [1.54, 1.807) is 6.07 Å². The molecule has 0 aromatic heterocycles. The van der Waals surface area contributed by atoms with Gasteiger partial charge in [-0.2, -0.15) is 0 Å². The Morgan fingerprint density at radius 3 is 2.62 bits per heavy atom. The third-order valence-corrected chi connectivity index (χ3v) is 4.87. The molecule has 0 aliphatic carbocycles. The van der Waals surface area contributed by atoms with E-state index in [0.717, 1.165) is 0 Å². The van der Waals surface area contributed by atoms with Crippen LogP contribution in [0.4, 0.5) is 4.39 Å². The van der Waals surface area contributed by atoms with E-state index in [4.69, 9.17) is 9.47 Å². The second-order valence-corrected chi connectivity index (χ2v) is 6.99. The summed E-state index contributed by atoms with van der Waals surface area (Å²) in [5.41, 5.74) is 0.158. The van der Waals surface area contributed by atoms with E-state index in [1.807, 2.05) is 0 Å². The van der Waals surface area contributed by atoms with E-state index < -0.39 is 21.7 Å². The second kappa shape index (κ2) is 8.63. The van der Waals surface area contributed by atoms with E-state index in [0.29, 0.717) is 5.75 Å². The van der Waals surface area contributed by atoms with Crippen molar-refractivity contribution in [2.75, 3.05) is 27.3 Å². The number of hydrogen-bond donors (Lipinski definition) is 2. The number of carbonyl (C=O) groups excluding carboxylic acids is 1. The number of ether oxygens (including phenoxy) is 2. The molecule has 0 bridgehead atoms. The quantitative estimate of drug-likeness (QED) is 0.676. The monoisotopic (exact) mass is 382 g/mol. The number of carbonyl (C=O) groups is 1. The number of halogens is 1. The summed E-state index contributed by atoms with van der Waals surface area (Å²) in [6.45, 7) is 0.294. The van der Waals surface area contributed by atoms with Crippen LogP contribution in [0, 0.1) is 5.82 Å². The molecule has 2 N–H and O–H groups in total. The molecule has 2 aromatic rings. The summed E-state index contributed by atoms with van der Waals surface area (Å²) in [7, 11) is -1.17. The molecule has 0 fully saturated rings. The van der Waals surface area contributed by atoms with Crippen LogP contribution in [0.5, 0.6) is 11.5 Å². The summed E-state index contributed by atoms with van der Waals surface area (Å²) in [5, 5.41) is 2.60. The van der Waals surface area contributed by atoms with Crippen molar-refractivity contribution in [3.63, 3.8) is 0 Å². The molecular weight excluding hydrogens is 363 g/mol. The van der Waals surface area contributed by atoms with Crippen molar-refractivity contribution in [1.29, 1.82) is 0 Å². The van der Waals surface area contributed by atoms with E-state index in [-0.39, 0.29) is 29.4 Å². The maximum absolute atomic E-state index is 13.0. The van der Waals surface area contributed by atoms with Crippen LogP contribution in [0.15, 0.2) is 47.4 Å². The molecule has 9 heteroatoms. The smallest absolute Gasteiger partial charge is 0.251 e. The zero-order valence-electron chi connectivity index (χ0n) is 14.3. The number of sulfonamides is 1. The maximum atomic E-state index is 13.0. The van der Waals surface area contributed by atoms with Gasteiger partial charge in [0.05, 0.1) is 13.7 Å². The summed E-state index contributed by atoms with van der Waals surface area (Å²) >= 11 is 0. The van der Waals surface area contributed by atoms with Gasteiger partial charge in [0, 0.05) is 11.6 Å². The Morgan fingerprint density at radius 1 is 1.19 bits per heavy atom. The Morgan fingerprint density at radius 2 is 1.96 bits per heavy atom. The number of amides is 1. The van der Waals surface area contributed by atoms with Crippen molar-refractivity contribution >= 4 is 15.9 Å². The molecule has 7 nitrogen and oxygen atoms in total. The largest absolute Gasteiger partial charge is 0.495 e. The number of hydrogen-bond acceptors (Lipinski definition) is 5. The number of nitrogens with one attached hydrogen (secondary N) is 2. The highest BCUT2D eigenvalue weighted by atomic mass is 32.2. The summed E-state index contributed by atoms with van der Waals surface area (Å²) in [6.07, 6.45) is 0. The van der Waals surface area contributed by atoms with Gasteiger partial charge in [0.1, 0.15) is 28.8 Å². The van der Waals surface area contributed by atoms with Gasteiger partial charge in [-0.3, -0.25) is 4.79 Å². The first-order chi connectivity index (χ1) is 12.4. The normalized spacial score (nSPS) is 11.0. The maximum Gasteiger partial charge on any atom is 0.251 e. The van der Waals surface area contributed by atoms with Crippen molar-refractivity contribution in [1.82, 2.24) is 10.0 Å². The third kappa shape index (κ3) is 4.93. The number of methoxy groups -OCH3 is 1. The minimum Gasteiger partial charge on any atom is -0.495 e. The zero-order valence-corrected chi connectivity index (χ0v) is 15.1. The lowest BCUT2D eigenvalue weighted by molar-refractivity contribution is 0.0946. The summed E-state index contributed by atoms with van der Waals surface area (Å²) in [6, 6.07) is 9.75. The topological polar surface area (TPSA) is 93.7 Å². The van der Waals surface area contributed by atoms with Crippen LogP contribution in [0.3, 0.4) is 0 Å². The van der Waals surface area contributed by atoms with Gasteiger partial charge in [0.15, 0.2) is 0 Å². The van der Waals surface area contributed by atoms with E-state index >= 15 is 0 Å². The second-order valence-electron chi connectivity index (χ2n) is 5.13. The van der Waals surface area contributed by atoms with Gasteiger partial charge in [-0.15, -0.1) is 0 Å². The van der Waals surface area contributed by atoms with Crippen LogP contribution in [0.1, 0.15) is 10.4 Å². The molecule has 0 radical (unpaired) electrons. The molecule has 0 saturated heterocycles. The molecule has 0 saturated carbocycles. The Balaban J connectivity index is 2.00. The standard InChI is InChI=1S/C17H19FN2O5S/c1-19-26(22,23)16-10-12(6-7-15(16)24-2)17(21)20-8-9-25-14-5-3-4-13(18)11-14/h3-7,10-11,19H,8-9H2,1-2H3,(H,20,21). The van der Waals surface area contributed by atoms with Crippen LogP contribution in [0.25, 0.3) is 0 Å². The predicted molar refractivity (Wildman–Crippen MR) is 93.5 cm³/mol. The molecule has 0 aliphatic rings. The Bertz CT molecular complexity index is 886. The zero-order chi connectivity index (χ0) is 19.2. The first kappa shape index (κ1) is 19.7. The predicted octanol–water partition coefficient (Wildman–Crippen LogP) is 1.55. The molecule has 0 spiro atoms. The van der Waals surface area contributed by atoms with Crippen LogP contribution >= 0.6 is 0 Å². The van der Waals surface area contributed by atoms with Crippen molar-refractivity contribution < 1.29 is 27.1 Å². The van der Waals surface area contributed by atoms with Crippen molar-refractivity contribution in [2.45, 2.75) is 4.90 Å². The Hall–Kier alpha value is -2.65. The summed E-state index contributed by atoms with van der Waals surface area (Å²) in [5.74, 6) is -0.400. The molecule has 0 heterocycles. The molecule has 0 atom stereocenters. The van der Waals surface area contributed by atoms with Crippen LogP contribution in [0.2, 0.25) is 0 Å². The minimum atomic E-state index is -3.78. The van der Waals surface area contributed by atoms with Gasteiger partial charge in [-0.1, -0.05) is 6.07 Å². The van der Waals surface area contributed by atoms with Gasteiger partial charge in [0.25, 0.3) is 5.91 Å². The fourth-order valence-electron chi connectivity index (χ4n) is 2.13. The average molecular weight is 382 g/mol. The SMILES string of the molecule is CNS(=O)(=O)c1cc(C(=O)NCCOc2cccc(F)c2)ccc1OC. The number of rotatable bonds is 8. The lowest BCUT2D eigenvalue weighted by Gasteiger charge is -2.11. The highest BCUT2D eigenvalue weighted by Crippen LogP contribution is 2.24. The highest BCUT2D eigenvalue weighted by molar-refractivity contribution is 7.89. The molecular formula is C17H19FN2O5S. The molecule has 1 amide bonds. The molecule has 2 aromatic carbocycles. The fraction of sp³-hybridized carbons (Fsp3) is 0.235. The Kier molecular flexibility index (Phi) is 6.53. The van der Waals surface area contributed by atoms with E-state index in [9.17, 15) is 17.6 Å². The van der Waals surface area contributed by atoms with Gasteiger partial charge >= 0.3 is 0 Å². The van der Waals surface area contributed by atoms with Gasteiger partial charge in [0.2, 0.25) is 10.0 Å². The van der Waals surface area contributed by atoms with Crippen molar-refractivity contribution in [2.24, 2.45) is 0 Å². The van der Waals surface area contributed by atoms with Crippen LogP contribution < -0.4 is 19.5 Å². The van der Waals surface area contributed by atoms with Gasteiger partial charge in [-0.25, -0.2) is 17.5 Å². The summed E-state index contributed by atoms with van der Waals surface area (Å²) in [4.78, 5) is 12.1. The minimum absolute atomic E-state index is 0.130. The fourth-order valence-corrected chi connectivity index (χ4v) is 3.05. The van der Waals surface area contributed by atoms with E-state index in [2.05, 4.69) is 10.0 Å². The Labute approximate surface area is 151 Å². The van der Waals surface area contributed by atoms with Crippen molar-refractivity contribution in [3.8, 4) is 11.5 Å².